The minimum atomic E-state index is -0.990. The maximum absolute atomic E-state index is 10.6. The lowest BCUT2D eigenvalue weighted by Gasteiger charge is -2.10. The highest BCUT2D eigenvalue weighted by atomic mass is 32.2. The van der Waals surface area contributed by atoms with Crippen LogP contribution in [0.1, 0.15) is 12.0 Å². The average molecular weight is 282 g/mol. The van der Waals surface area contributed by atoms with Crippen molar-refractivity contribution in [1.82, 2.24) is 0 Å². The molecular weight excluding hydrogens is 264 g/mol. The summed E-state index contributed by atoms with van der Waals surface area (Å²) in [6.07, 6.45) is 5.60. The minimum Gasteiger partial charge on any atom is -0.497 e. The van der Waals surface area contributed by atoms with E-state index in [0.29, 0.717) is 23.7 Å². The molecule has 0 atom stereocenters. The molecule has 0 aliphatic carbocycles. The zero-order valence-corrected chi connectivity index (χ0v) is 11.9. The maximum Gasteiger partial charge on any atom is 0.328 e. The Labute approximate surface area is 117 Å². The fourth-order valence-corrected chi connectivity index (χ4v) is 1.87. The van der Waals surface area contributed by atoms with Gasteiger partial charge in [-0.05, 0) is 42.7 Å². The van der Waals surface area contributed by atoms with E-state index in [1.165, 1.54) is 6.08 Å². The lowest BCUT2D eigenvalue weighted by molar-refractivity contribution is -0.131. The van der Waals surface area contributed by atoms with E-state index in [-0.39, 0.29) is 0 Å². The number of thioether (sulfide) groups is 1. The van der Waals surface area contributed by atoms with E-state index in [1.807, 2.05) is 0 Å². The van der Waals surface area contributed by atoms with Crippen molar-refractivity contribution in [3.05, 3.63) is 29.8 Å². The van der Waals surface area contributed by atoms with Crippen LogP contribution < -0.4 is 9.47 Å². The molecular formula is C14H18O4S. The number of aliphatic carboxylic acids is 1. The fourth-order valence-electron chi connectivity index (χ4n) is 1.46. The second-order valence-electron chi connectivity index (χ2n) is 3.77. The molecule has 0 aliphatic rings. The predicted molar refractivity (Wildman–Crippen MR) is 78.2 cm³/mol. The van der Waals surface area contributed by atoms with Gasteiger partial charge in [0.2, 0.25) is 0 Å². The molecule has 1 aromatic carbocycles. The molecule has 1 rings (SSSR count). The lowest BCUT2D eigenvalue weighted by Crippen LogP contribution is -2.00. The third-order valence-electron chi connectivity index (χ3n) is 2.37. The Bertz CT molecular complexity index is 443. The van der Waals surface area contributed by atoms with Crippen molar-refractivity contribution in [1.29, 1.82) is 0 Å². The third kappa shape index (κ3) is 5.70. The SMILES string of the molecule is COc1ccc(OCCCSC)c(/C=C/C(=O)O)c1. The van der Waals surface area contributed by atoms with Crippen LogP contribution in [0.2, 0.25) is 0 Å². The fraction of sp³-hybridized carbons (Fsp3) is 0.357. The van der Waals surface area contributed by atoms with E-state index >= 15 is 0 Å². The van der Waals surface area contributed by atoms with Crippen LogP contribution in [0.25, 0.3) is 6.08 Å². The largest absolute Gasteiger partial charge is 0.497 e. The summed E-state index contributed by atoms with van der Waals surface area (Å²) >= 11 is 1.77. The second kappa shape index (κ2) is 8.48. The number of hydrogen-bond acceptors (Lipinski definition) is 4. The number of carbonyl (C=O) groups is 1. The molecule has 0 heterocycles. The van der Waals surface area contributed by atoms with E-state index in [9.17, 15) is 4.79 Å². The molecule has 0 unspecified atom stereocenters. The number of carboxylic acid groups (broad SMARTS) is 1. The Morgan fingerprint density at radius 2 is 2.26 bits per heavy atom. The van der Waals surface area contributed by atoms with Gasteiger partial charge in [-0.3, -0.25) is 0 Å². The smallest absolute Gasteiger partial charge is 0.328 e. The lowest BCUT2D eigenvalue weighted by atomic mass is 10.1. The van der Waals surface area contributed by atoms with Gasteiger partial charge < -0.3 is 14.6 Å². The zero-order valence-electron chi connectivity index (χ0n) is 11.1. The molecule has 5 heteroatoms. The molecule has 0 radical (unpaired) electrons. The molecule has 0 saturated heterocycles. The van der Waals surface area contributed by atoms with Gasteiger partial charge in [0.05, 0.1) is 13.7 Å². The Balaban J connectivity index is 2.79. The summed E-state index contributed by atoms with van der Waals surface area (Å²) in [5.74, 6) is 1.38. The molecule has 0 fully saturated rings. The van der Waals surface area contributed by atoms with Crippen molar-refractivity contribution in [2.45, 2.75) is 6.42 Å². The van der Waals surface area contributed by atoms with E-state index in [0.717, 1.165) is 18.2 Å². The first-order chi connectivity index (χ1) is 9.17. The summed E-state index contributed by atoms with van der Waals surface area (Å²) in [6, 6.07) is 5.34. The standard InChI is InChI=1S/C14H18O4S/c1-17-12-5-6-13(18-8-3-9-19-2)11(10-12)4-7-14(15)16/h4-7,10H,3,8-9H2,1-2H3,(H,15,16)/b7-4+. The normalized spacial score (nSPS) is 10.6. The molecule has 104 valence electrons. The van der Waals surface area contributed by atoms with Crippen molar-refractivity contribution in [3.8, 4) is 11.5 Å². The van der Waals surface area contributed by atoms with Crippen LogP contribution in [0.4, 0.5) is 0 Å². The molecule has 0 saturated carbocycles. The highest BCUT2D eigenvalue weighted by Gasteiger charge is 2.04. The number of carboxylic acids is 1. The van der Waals surface area contributed by atoms with Crippen LogP contribution in [-0.2, 0) is 4.79 Å². The number of rotatable bonds is 8. The van der Waals surface area contributed by atoms with Crippen LogP contribution in [-0.4, -0.2) is 36.8 Å². The number of hydrogen-bond donors (Lipinski definition) is 1. The Hall–Kier alpha value is -1.62. The quantitative estimate of drug-likeness (QED) is 0.587. The molecule has 19 heavy (non-hydrogen) atoms. The summed E-state index contributed by atoms with van der Waals surface area (Å²) in [5.41, 5.74) is 0.700. The zero-order chi connectivity index (χ0) is 14.1. The Morgan fingerprint density at radius 3 is 2.89 bits per heavy atom. The topological polar surface area (TPSA) is 55.8 Å². The van der Waals surface area contributed by atoms with E-state index in [4.69, 9.17) is 14.6 Å². The van der Waals surface area contributed by atoms with Crippen LogP contribution >= 0.6 is 11.8 Å². The van der Waals surface area contributed by atoms with Gasteiger partial charge in [0, 0.05) is 11.6 Å². The first-order valence-corrected chi connectivity index (χ1v) is 7.27. The summed E-state index contributed by atoms with van der Waals surface area (Å²) < 4.78 is 10.8. The number of methoxy groups -OCH3 is 1. The van der Waals surface area contributed by atoms with Gasteiger partial charge in [-0.25, -0.2) is 4.79 Å². The van der Waals surface area contributed by atoms with Crippen molar-refractivity contribution in [2.75, 3.05) is 25.7 Å². The number of ether oxygens (including phenoxy) is 2. The first-order valence-electron chi connectivity index (χ1n) is 5.88. The van der Waals surface area contributed by atoms with Gasteiger partial charge in [0.1, 0.15) is 11.5 Å². The van der Waals surface area contributed by atoms with Crippen molar-refractivity contribution >= 4 is 23.8 Å². The average Bonchev–Trinajstić information content (AvgIpc) is 2.42. The second-order valence-corrected chi connectivity index (χ2v) is 4.76. The van der Waals surface area contributed by atoms with Crippen molar-refractivity contribution in [2.24, 2.45) is 0 Å². The monoisotopic (exact) mass is 282 g/mol. The van der Waals surface area contributed by atoms with E-state index < -0.39 is 5.97 Å². The van der Waals surface area contributed by atoms with Gasteiger partial charge in [0.15, 0.2) is 0 Å². The van der Waals surface area contributed by atoms with Crippen LogP contribution in [0.15, 0.2) is 24.3 Å². The maximum atomic E-state index is 10.6. The molecule has 0 spiro atoms. The summed E-state index contributed by atoms with van der Waals surface area (Å²) in [4.78, 5) is 10.6. The Kier molecular flexibility index (Phi) is 6.89. The predicted octanol–water partition coefficient (Wildman–Crippen LogP) is 2.92. The summed E-state index contributed by atoms with van der Waals surface area (Å²) in [5, 5.41) is 8.68. The first kappa shape index (κ1) is 15.4. The van der Waals surface area contributed by atoms with Gasteiger partial charge in [-0.1, -0.05) is 0 Å². The van der Waals surface area contributed by atoms with E-state index in [1.54, 1.807) is 37.1 Å². The highest BCUT2D eigenvalue weighted by molar-refractivity contribution is 7.98. The van der Waals surface area contributed by atoms with Crippen molar-refractivity contribution < 1.29 is 19.4 Å². The third-order valence-corrected chi connectivity index (χ3v) is 3.07. The van der Waals surface area contributed by atoms with Crippen LogP contribution in [0, 0.1) is 0 Å². The van der Waals surface area contributed by atoms with Crippen molar-refractivity contribution in [3.63, 3.8) is 0 Å². The minimum absolute atomic E-state index is 0.612. The summed E-state index contributed by atoms with van der Waals surface area (Å²) in [6.45, 7) is 0.612. The summed E-state index contributed by atoms with van der Waals surface area (Å²) in [7, 11) is 1.57. The molecule has 0 aliphatic heterocycles. The van der Waals surface area contributed by atoms with Gasteiger partial charge in [-0.2, -0.15) is 11.8 Å². The molecule has 1 aromatic rings. The van der Waals surface area contributed by atoms with Gasteiger partial charge >= 0.3 is 5.97 Å². The van der Waals surface area contributed by atoms with Crippen LogP contribution in [0.5, 0.6) is 11.5 Å². The molecule has 0 bridgehead atoms. The highest BCUT2D eigenvalue weighted by Crippen LogP contribution is 2.25. The molecule has 1 N–H and O–H groups in total. The molecule has 0 aromatic heterocycles. The van der Waals surface area contributed by atoms with Crippen LogP contribution in [0.3, 0.4) is 0 Å². The molecule has 0 amide bonds. The van der Waals surface area contributed by atoms with Gasteiger partial charge in [-0.15, -0.1) is 0 Å². The van der Waals surface area contributed by atoms with E-state index in [2.05, 4.69) is 6.26 Å². The Morgan fingerprint density at radius 1 is 1.47 bits per heavy atom. The number of benzene rings is 1. The molecule has 4 nitrogen and oxygen atoms in total. The van der Waals surface area contributed by atoms with Gasteiger partial charge in [0.25, 0.3) is 0 Å².